The Kier molecular flexibility index (Phi) is 6.94. The van der Waals surface area contributed by atoms with Gasteiger partial charge < -0.3 is 15.1 Å². The normalized spacial score (nSPS) is 10.1. The second kappa shape index (κ2) is 8.73. The monoisotopic (exact) mass is 293 g/mol. The van der Waals surface area contributed by atoms with E-state index in [0.717, 1.165) is 5.56 Å². The van der Waals surface area contributed by atoms with E-state index in [1.807, 2.05) is 30.3 Å². The molecule has 6 heteroatoms. The van der Waals surface area contributed by atoms with Crippen molar-refractivity contribution in [1.82, 2.24) is 4.90 Å². The van der Waals surface area contributed by atoms with Crippen LogP contribution in [-0.4, -0.2) is 46.0 Å². The van der Waals surface area contributed by atoms with E-state index in [9.17, 15) is 14.4 Å². The van der Waals surface area contributed by atoms with Crippen molar-refractivity contribution in [1.29, 1.82) is 0 Å². The number of nitrogens with zero attached hydrogens (tertiary/aromatic N) is 1. The standard InChI is InChI=1S/C15H19NO5/c17-13(6-7-14(18)19)16(11-9-15(20)21)10-8-12-4-2-1-3-5-12/h1-5H,6-11H2,(H,18,19)(H,20,21). The minimum Gasteiger partial charge on any atom is -0.481 e. The summed E-state index contributed by atoms with van der Waals surface area (Å²) < 4.78 is 0. The van der Waals surface area contributed by atoms with Crippen LogP contribution in [0.3, 0.4) is 0 Å². The Bertz CT molecular complexity index is 486. The van der Waals surface area contributed by atoms with E-state index in [2.05, 4.69) is 0 Å². The van der Waals surface area contributed by atoms with Gasteiger partial charge in [0.1, 0.15) is 0 Å². The zero-order valence-corrected chi connectivity index (χ0v) is 11.7. The summed E-state index contributed by atoms with van der Waals surface area (Å²) in [5.41, 5.74) is 1.05. The molecule has 0 fully saturated rings. The number of carboxylic acids is 2. The topological polar surface area (TPSA) is 94.9 Å². The number of amides is 1. The molecule has 0 saturated carbocycles. The van der Waals surface area contributed by atoms with Crippen LogP contribution in [0, 0.1) is 0 Å². The van der Waals surface area contributed by atoms with E-state index in [-0.39, 0.29) is 31.7 Å². The van der Waals surface area contributed by atoms with Crippen molar-refractivity contribution in [3.8, 4) is 0 Å². The molecule has 2 N–H and O–H groups in total. The molecule has 0 spiro atoms. The average Bonchev–Trinajstić information content (AvgIpc) is 2.45. The Labute approximate surface area is 123 Å². The number of carbonyl (C=O) groups excluding carboxylic acids is 1. The maximum Gasteiger partial charge on any atom is 0.305 e. The van der Waals surface area contributed by atoms with Gasteiger partial charge in [-0.1, -0.05) is 30.3 Å². The highest BCUT2D eigenvalue weighted by molar-refractivity contribution is 5.81. The molecule has 0 aliphatic carbocycles. The Balaban J connectivity index is 2.56. The zero-order valence-electron chi connectivity index (χ0n) is 11.7. The van der Waals surface area contributed by atoms with Crippen LogP contribution < -0.4 is 0 Å². The first-order chi connectivity index (χ1) is 9.99. The molecule has 0 saturated heterocycles. The molecule has 1 aromatic rings. The third kappa shape index (κ3) is 7.10. The molecule has 114 valence electrons. The molecule has 1 aromatic carbocycles. The number of benzene rings is 1. The highest BCUT2D eigenvalue weighted by Crippen LogP contribution is 2.05. The number of aliphatic carboxylic acids is 2. The lowest BCUT2D eigenvalue weighted by Gasteiger charge is -2.22. The quantitative estimate of drug-likeness (QED) is 0.717. The van der Waals surface area contributed by atoms with Gasteiger partial charge in [-0.3, -0.25) is 14.4 Å². The van der Waals surface area contributed by atoms with Gasteiger partial charge in [-0.05, 0) is 12.0 Å². The first-order valence-corrected chi connectivity index (χ1v) is 6.74. The number of rotatable bonds is 9. The van der Waals surface area contributed by atoms with Gasteiger partial charge in [-0.25, -0.2) is 0 Å². The molecule has 0 heterocycles. The molecule has 6 nitrogen and oxygen atoms in total. The van der Waals surface area contributed by atoms with E-state index >= 15 is 0 Å². The Hall–Kier alpha value is -2.37. The first kappa shape index (κ1) is 16.7. The van der Waals surface area contributed by atoms with Gasteiger partial charge in [0.2, 0.25) is 5.91 Å². The molecule has 1 amide bonds. The van der Waals surface area contributed by atoms with Crippen molar-refractivity contribution in [3.63, 3.8) is 0 Å². The van der Waals surface area contributed by atoms with Crippen molar-refractivity contribution >= 4 is 17.8 Å². The lowest BCUT2D eigenvalue weighted by atomic mass is 10.1. The van der Waals surface area contributed by atoms with Crippen molar-refractivity contribution in [2.45, 2.75) is 25.7 Å². The van der Waals surface area contributed by atoms with Crippen LogP contribution in [0.4, 0.5) is 0 Å². The molecule has 0 aliphatic heterocycles. The summed E-state index contributed by atoms with van der Waals surface area (Å²) in [6.07, 6.45) is 0.115. The summed E-state index contributed by atoms with van der Waals surface area (Å²) in [5, 5.41) is 17.3. The van der Waals surface area contributed by atoms with E-state index in [4.69, 9.17) is 10.2 Å². The minimum atomic E-state index is -1.04. The average molecular weight is 293 g/mol. The van der Waals surface area contributed by atoms with Crippen LogP contribution in [0.2, 0.25) is 0 Å². The largest absolute Gasteiger partial charge is 0.481 e. The molecule has 0 bridgehead atoms. The van der Waals surface area contributed by atoms with Gasteiger partial charge in [0.25, 0.3) is 0 Å². The van der Waals surface area contributed by atoms with Crippen molar-refractivity contribution in [2.24, 2.45) is 0 Å². The number of hydrogen-bond acceptors (Lipinski definition) is 3. The molecule has 1 rings (SSSR count). The van der Waals surface area contributed by atoms with Gasteiger partial charge >= 0.3 is 11.9 Å². The lowest BCUT2D eigenvalue weighted by Crippen LogP contribution is -2.35. The third-order valence-corrected chi connectivity index (χ3v) is 3.01. The summed E-state index contributed by atoms with van der Waals surface area (Å²) in [7, 11) is 0. The molecule has 0 radical (unpaired) electrons. The van der Waals surface area contributed by atoms with Crippen LogP contribution >= 0.6 is 0 Å². The van der Waals surface area contributed by atoms with Gasteiger partial charge in [0, 0.05) is 19.5 Å². The van der Waals surface area contributed by atoms with Crippen LogP contribution in [0.15, 0.2) is 30.3 Å². The van der Waals surface area contributed by atoms with Crippen LogP contribution in [0.25, 0.3) is 0 Å². The van der Waals surface area contributed by atoms with Crippen LogP contribution in [-0.2, 0) is 20.8 Å². The molecule has 0 aromatic heterocycles. The SMILES string of the molecule is O=C(O)CCC(=O)N(CCC(=O)O)CCc1ccccc1. The minimum absolute atomic E-state index is 0.0978. The van der Waals surface area contributed by atoms with Crippen molar-refractivity contribution < 1.29 is 24.6 Å². The highest BCUT2D eigenvalue weighted by atomic mass is 16.4. The fourth-order valence-electron chi connectivity index (χ4n) is 1.87. The predicted octanol–water partition coefficient (Wildman–Crippen LogP) is 1.40. The lowest BCUT2D eigenvalue weighted by molar-refractivity contribution is -0.142. The van der Waals surface area contributed by atoms with E-state index in [0.29, 0.717) is 13.0 Å². The fraction of sp³-hybridized carbons (Fsp3) is 0.400. The van der Waals surface area contributed by atoms with E-state index < -0.39 is 11.9 Å². The first-order valence-electron chi connectivity index (χ1n) is 6.74. The molecular weight excluding hydrogens is 274 g/mol. The molecule has 21 heavy (non-hydrogen) atoms. The van der Waals surface area contributed by atoms with Crippen LogP contribution in [0.1, 0.15) is 24.8 Å². The summed E-state index contributed by atoms with van der Waals surface area (Å²) in [5.74, 6) is -2.34. The highest BCUT2D eigenvalue weighted by Gasteiger charge is 2.15. The van der Waals surface area contributed by atoms with Crippen molar-refractivity contribution in [3.05, 3.63) is 35.9 Å². The zero-order chi connectivity index (χ0) is 15.7. The molecule has 0 unspecified atom stereocenters. The van der Waals surface area contributed by atoms with E-state index in [1.54, 1.807) is 0 Å². The molecule has 0 atom stereocenters. The predicted molar refractivity (Wildman–Crippen MR) is 75.8 cm³/mol. The molecule has 0 aliphatic rings. The Morgan fingerprint density at radius 3 is 2.05 bits per heavy atom. The third-order valence-electron chi connectivity index (χ3n) is 3.01. The van der Waals surface area contributed by atoms with Gasteiger partial charge in [-0.2, -0.15) is 0 Å². The molecular formula is C15H19NO5. The summed E-state index contributed by atoms with van der Waals surface area (Å²) in [4.78, 5) is 34.5. The maximum atomic E-state index is 12.0. The van der Waals surface area contributed by atoms with Gasteiger partial charge in [-0.15, -0.1) is 0 Å². The Morgan fingerprint density at radius 1 is 0.857 bits per heavy atom. The summed E-state index contributed by atoms with van der Waals surface area (Å²) >= 11 is 0. The smallest absolute Gasteiger partial charge is 0.305 e. The van der Waals surface area contributed by atoms with Crippen LogP contribution in [0.5, 0.6) is 0 Å². The van der Waals surface area contributed by atoms with Gasteiger partial charge in [0.15, 0.2) is 0 Å². The summed E-state index contributed by atoms with van der Waals surface area (Å²) in [6.45, 7) is 0.483. The number of carbonyl (C=O) groups is 3. The van der Waals surface area contributed by atoms with E-state index in [1.165, 1.54) is 4.90 Å². The second-order valence-corrected chi connectivity index (χ2v) is 4.65. The second-order valence-electron chi connectivity index (χ2n) is 4.65. The number of hydrogen-bond donors (Lipinski definition) is 2. The fourth-order valence-corrected chi connectivity index (χ4v) is 1.87. The summed E-state index contributed by atoms with van der Waals surface area (Å²) in [6, 6.07) is 9.53. The maximum absolute atomic E-state index is 12.0. The number of carboxylic acid groups (broad SMARTS) is 2. The Morgan fingerprint density at radius 2 is 1.48 bits per heavy atom. The van der Waals surface area contributed by atoms with Gasteiger partial charge in [0.05, 0.1) is 12.8 Å². The van der Waals surface area contributed by atoms with Crippen molar-refractivity contribution in [2.75, 3.05) is 13.1 Å².